The number of nitro groups is 1. The quantitative estimate of drug-likeness (QED) is 0.411. The Morgan fingerprint density at radius 3 is 2.81 bits per heavy atom. The fraction of sp³-hybridized carbons (Fsp3) is 0.909. The molecule has 0 saturated carbocycles. The normalized spacial score (nSPS) is 24.6. The molecule has 0 radical (unpaired) electrons. The molecule has 1 aliphatic heterocycles. The molecule has 0 spiro atoms. The number of hydrogen-bond donors (Lipinski definition) is 0. The smallest absolute Gasteiger partial charge is 0.309 e. The molecule has 16 heavy (non-hydrogen) atoms. The Labute approximate surface area is 95.3 Å². The molecule has 0 aromatic heterocycles. The standard InChI is InChI=1S/C11H19NO4/c1-3-6-11(2,12(14)15)8-9-5-4-7-16-10(9)13/h9H,3-8H2,1-2H3. The zero-order chi connectivity index (χ0) is 12.2. The highest BCUT2D eigenvalue weighted by Gasteiger charge is 2.41. The number of nitrogens with zero attached hydrogens (tertiary/aromatic N) is 1. The van der Waals surface area contributed by atoms with Gasteiger partial charge in [0.1, 0.15) is 0 Å². The van der Waals surface area contributed by atoms with Crippen LogP contribution < -0.4 is 0 Å². The molecular weight excluding hydrogens is 210 g/mol. The van der Waals surface area contributed by atoms with Crippen molar-refractivity contribution in [1.82, 2.24) is 0 Å². The maximum atomic E-state index is 11.5. The van der Waals surface area contributed by atoms with Gasteiger partial charge in [-0.3, -0.25) is 14.9 Å². The van der Waals surface area contributed by atoms with Gasteiger partial charge in [0, 0.05) is 24.7 Å². The number of carbonyl (C=O) groups is 1. The molecular formula is C11H19NO4. The summed E-state index contributed by atoms with van der Waals surface area (Å²) in [5.74, 6) is -0.564. The SMILES string of the molecule is CCCC(C)(CC1CCCOC1=O)[N+](=O)[O-]. The number of esters is 1. The second kappa shape index (κ2) is 5.27. The molecule has 1 fully saturated rings. The minimum absolute atomic E-state index is 0.252. The van der Waals surface area contributed by atoms with Crippen molar-refractivity contribution in [1.29, 1.82) is 0 Å². The summed E-state index contributed by atoms with van der Waals surface area (Å²) in [5, 5.41) is 11.0. The van der Waals surface area contributed by atoms with Crippen molar-refractivity contribution in [3.63, 3.8) is 0 Å². The maximum Gasteiger partial charge on any atom is 0.309 e. The highest BCUT2D eigenvalue weighted by atomic mass is 16.6. The fourth-order valence-electron chi connectivity index (χ4n) is 2.26. The first kappa shape index (κ1) is 12.9. The first-order chi connectivity index (χ1) is 7.49. The molecule has 2 unspecified atom stereocenters. The minimum atomic E-state index is -0.990. The summed E-state index contributed by atoms with van der Waals surface area (Å²) in [5.41, 5.74) is -0.990. The Balaban J connectivity index is 2.67. The van der Waals surface area contributed by atoms with Gasteiger partial charge in [-0.25, -0.2) is 0 Å². The third kappa shape index (κ3) is 2.93. The van der Waals surface area contributed by atoms with Crippen LogP contribution in [0.4, 0.5) is 0 Å². The van der Waals surface area contributed by atoms with Crippen molar-refractivity contribution in [3.8, 4) is 0 Å². The molecule has 1 heterocycles. The van der Waals surface area contributed by atoms with E-state index in [0.29, 0.717) is 25.9 Å². The zero-order valence-corrected chi connectivity index (χ0v) is 9.90. The lowest BCUT2D eigenvalue weighted by molar-refractivity contribution is -0.569. The molecule has 0 aromatic carbocycles. The third-order valence-electron chi connectivity index (χ3n) is 3.19. The van der Waals surface area contributed by atoms with E-state index in [-0.39, 0.29) is 16.8 Å². The van der Waals surface area contributed by atoms with Crippen LogP contribution in [0.5, 0.6) is 0 Å². The summed E-state index contributed by atoms with van der Waals surface area (Å²) in [4.78, 5) is 22.2. The molecule has 92 valence electrons. The third-order valence-corrected chi connectivity index (χ3v) is 3.19. The molecule has 1 saturated heterocycles. The zero-order valence-electron chi connectivity index (χ0n) is 9.90. The number of cyclic esters (lactones) is 1. The molecule has 1 rings (SSSR count). The summed E-state index contributed by atoms with van der Waals surface area (Å²) in [6.45, 7) is 4.00. The Morgan fingerprint density at radius 2 is 2.31 bits per heavy atom. The van der Waals surface area contributed by atoms with Crippen LogP contribution in [0, 0.1) is 16.0 Å². The summed E-state index contributed by atoms with van der Waals surface area (Å²) >= 11 is 0. The predicted octanol–water partition coefficient (Wildman–Crippen LogP) is 2.17. The number of carbonyl (C=O) groups excluding carboxylic acids is 1. The Hall–Kier alpha value is -1.13. The molecule has 0 bridgehead atoms. The lowest BCUT2D eigenvalue weighted by Crippen LogP contribution is -2.40. The van der Waals surface area contributed by atoms with E-state index < -0.39 is 5.54 Å². The van der Waals surface area contributed by atoms with E-state index in [0.717, 1.165) is 12.8 Å². The Morgan fingerprint density at radius 1 is 1.62 bits per heavy atom. The van der Waals surface area contributed by atoms with Crippen molar-refractivity contribution in [2.75, 3.05) is 6.61 Å². The largest absolute Gasteiger partial charge is 0.465 e. The van der Waals surface area contributed by atoms with E-state index >= 15 is 0 Å². The van der Waals surface area contributed by atoms with Crippen LogP contribution in [0.15, 0.2) is 0 Å². The molecule has 2 atom stereocenters. The van der Waals surface area contributed by atoms with Crippen LogP contribution >= 0.6 is 0 Å². The van der Waals surface area contributed by atoms with Crippen LogP contribution in [-0.4, -0.2) is 23.0 Å². The summed E-state index contributed by atoms with van der Waals surface area (Å²) in [6, 6.07) is 0. The lowest BCUT2D eigenvalue weighted by atomic mass is 9.83. The summed E-state index contributed by atoms with van der Waals surface area (Å²) in [6.07, 6.45) is 3.08. The second-order valence-electron chi connectivity index (χ2n) is 4.71. The van der Waals surface area contributed by atoms with Crippen molar-refractivity contribution < 1.29 is 14.5 Å². The van der Waals surface area contributed by atoms with Crippen LogP contribution in [0.2, 0.25) is 0 Å². The van der Waals surface area contributed by atoms with Crippen molar-refractivity contribution >= 4 is 5.97 Å². The fourth-order valence-corrected chi connectivity index (χ4v) is 2.26. The molecule has 0 aromatic rings. The van der Waals surface area contributed by atoms with Crippen LogP contribution in [0.3, 0.4) is 0 Å². The highest BCUT2D eigenvalue weighted by Crippen LogP contribution is 2.30. The molecule has 5 heteroatoms. The number of ether oxygens (including phenoxy) is 1. The van der Waals surface area contributed by atoms with E-state index in [2.05, 4.69) is 0 Å². The van der Waals surface area contributed by atoms with E-state index in [1.165, 1.54) is 0 Å². The molecule has 1 aliphatic rings. The topological polar surface area (TPSA) is 69.4 Å². The first-order valence-corrected chi connectivity index (χ1v) is 5.81. The van der Waals surface area contributed by atoms with Gasteiger partial charge in [0.05, 0.1) is 12.5 Å². The van der Waals surface area contributed by atoms with Gasteiger partial charge in [0.25, 0.3) is 0 Å². The maximum absolute atomic E-state index is 11.5. The van der Waals surface area contributed by atoms with Gasteiger partial charge in [-0.15, -0.1) is 0 Å². The number of hydrogen-bond acceptors (Lipinski definition) is 4. The Kier molecular flexibility index (Phi) is 4.26. The van der Waals surface area contributed by atoms with Crippen molar-refractivity contribution in [2.24, 2.45) is 5.92 Å². The van der Waals surface area contributed by atoms with Crippen LogP contribution in [0.25, 0.3) is 0 Å². The van der Waals surface area contributed by atoms with E-state index in [1.807, 2.05) is 6.92 Å². The lowest BCUT2D eigenvalue weighted by Gasteiger charge is -2.27. The second-order valence-corrected chi connectivity index (χ2v) is 4.71. The molecule has 0 N–H and O–H groups in total. The van der Waals surface area contributed by atoms with Gasteiger partial charge in [0.15, 0.2) is 0 Å². The van der Waals surface area contributed by atoms with E-state index in [9.17, 15) is 14.9 Å². The average molecular weight is 229 g/mol. The average Bonchev–Trinajstić information content (AvgIpc) is 2.21. The molecule has 0 amide bonds. The van der Waals surface area contributed by atoms with Gasteiger partial charge in [-0.1, -0.05) is 6.92 Å². The highest BCUT2D eigenvalue weighted by molar-refractivity contribution is 5.73. The minimum Gasteiger partial charge on any atom is -0.465 e. The van der Waals surface area contributed by atoms with Gasteiger partial charge in [0.2, 0.25) is 5.54 Å². The molecule has 5 nitrogen and oxygen atoms in total. The molecule has 0 aliphatic carbocycles. The number of rotatable bonds is 5. The van der Waals surface area contributed by atoms with Crippen molar-refractivity contribution in [3.05, 3.63) is 10.1 Å². The van der Waals surface area contributed by atoms with E-state index in [1.54, 1.807) is 6.92 Å². The van der Waals surface area contributed by atoms with Gasteiger partial charge in [-0.05, 0) is 19.3 Å². The van der Waals surface area contributed by atoms with Gasteiger partial charge < -0.3 is 4.74 Å². The van der Waals surface area contributed by atoms with Crippen LogP contribution in [-0.2, 0) is 9.53 Å². The monoisotopic (exact) mass is 229 g/mol. The Bertz CT molecular complexity index is 277. The summed E-state index contributed by atoms with van der Waals surface area (Å²) in [7, 11) is 0. The van der Waals surface area contributed by atoms with Gasteiger partial charge >= 0.3 is 5.97 Å². The van der Waals surface area contributed by atoms with Gasteiger partial charge in [-0.2, -0.15) is 0 Å². The van der Waals surface area contributed by atoms with Crippen LogP contribution in [0.1, 0.15) is 46.0 Å². The first-order valence-electron chi connectivity index (χ1n) is 5.81. The van der Waals surface area contributed by atoms with E-state index in [4.69, 9.17) is 4.74 Å². The summed E-state index contributed by atoms with van der Waals surface area (Å²) < 4.78 is 4.93. The predicted molar refractivity (Wildman–Crippen MR) is 58.6 cm³/mol. The van der Waals surface area contributed by atoms with Crippen molar-refractivity contribution in [2.45, 2.75) is 51.5 Å².